The number of nitrogens with one attached hydrogen (secondary N) is 2. The lowest BCUT2D eigenvalue weighted by molar-refractivity contribution is -0.119. The average molecular weight is 345 g/mol. The van der Waals surface area contributed by atoms with E-state index in [0.717, 1.165) is 0 Å². The van der Waals surface area contributed by atoms with Crippen molar-refractivity contribution in [3.63, 3.8) is 0 Å². The maximum Gasteiger partial charge on any atom is 0.251 e. The van der Waals surface area contributed by atoms with Crippen LogP contribution in [0.2, 0.25) is 0 Å². The van der Waals surface area contributed by atoms with Gasteiger partial charge >= 0.3 is 0 Å². The first-order valence-electron chi connectivity index (χ1n) is 7.39. The molecule has 0 aliphatic carbocycles. The summed E-state index contributed by atoms with van der Waals surface area (Å²) in [6.07, 6.45) is 0. The van der Waals surface area contributed by atoms with Gasteiger partial charge in [0.1, 0.15) is 6.04 Å². The number of amides is 2. The van der Waals surface area contributed by atoms with Crippen LogP contribution >= 0.6 is 0 Å². The smallest absolute Gasteiger partial charge is 0.251 e. The van der Waals surface area contributed by atoms with Crippen LogP contribution in [0.15, 0.2) is 36.4 Å². The minimum atomic E-state index is -0.950. The van der Waals surface area contributed by atoms with Gasteiger partial charge in [-0.25, -0.2) is 0 Å². The van der Waals surface area contributed by atoms with Gasteiger partial charge in [0.05, 0.1) is 20.3 Å². The molecule has 132 valence electrons. The van der Waals surface area contributed by atoms with Crippen LogP contribution in [0.1, 0.15) is 10.4 Å². The molecule has 25 heavy (non-hydrogen) atoms. The number of methoxy groups -OCH3 is 2. The number of carbonyl (C=O) groups excluding carboxylic acids is 2. The van der Waals surface area contributed by atoms with E-state index < -0.39 is 17.9 Å². The molecule has 0 radical (unpaired) electrons. The van der Waals surface area contributed by atoms with Crippen LogP contribution in [0.3, 0.4) is 0 Å². The Morgan fingerprint density at radius 3 is 2.24 bits per heavy atom. The molecule has 2 aromatic rings. The Morgan fingerprint density at radius 1 is 1.12 bits per heavy atom. The number of hydrogen-bond acceptors (Lipinski definition) is 7. The molecule has 2 rings (SSSR count). The van der Waals surface area contributed by atoms with E-state index in [-0.39, 0.29) is 12.5 Å². The van der Waals surface area contributed by atoms with Crippen molar-refractivity contribution in [3.8, 4) is 11.8 Å². The Bertz CT molecular complexity index is 716. The highest BCUT2D eigenvalue weighted by molar-refractivity contribution is 5.97. The van der Waals surface area contributed by atoms with Gasteiger partial charge in [0.15, 0.2) is 0 Å². The second kappa shape index (κ2) is 8.48. The lowest BCUT2D eigenvalue weighted by Gasteiger charge is -2.16. The number of nitrogens with two attached hydrogens (primary N) is 1. The Balaban J connectivity index is 2.05. The molecule has 0 aliphatic heterocycles. The highest BCUT2D eigenvalue weighted by Gasteiger charge is 2.19. The van der Waals surface area contributed by atoms with Gasteiger partial charge in [0.2, 0.25) is 23.6 Å². The largest absolute Gasteiger partial charge is 0.481 e. The molecule has 1 atom stereocenters. The quantitative estimate of drug-likeness (QED) is 0.623. The fourth-order valence-corrected chi connectivity index (χ4v) is 1.94. The first-order valence-corrected chi connectivity index (χ1v) is 7.39. The van der Waals surface area contributed by atoms with Gasteiger partial charge in [0.25, 0.3) is 5.91 Å². The molecule has 0 fully saturated rings. The lowest BCUT2D eigenvalue weighted by Crippen LogP contribution is -2.48. The molecule has 0 unspecified atom stereocenters. The number of anilines is 1. The topological polar surface area (TPSA) is 128 Å². The molecule has 1 heterocycles. The van der Waals surface area contributed by atoms with E-state index in [2.05, 4.69) is 20.6 Å². The Morgan fingerprint density at radius 2 is 1.72 bits per heavy atom. The van der Waals surface area contributed by atoms with E-state index in [1.54, 1.807) is 30.3 Å². The molecule has 9 nitrogen and oxygen atoms in total. The number of ether oxygens (including phenoxy) is 2. The van der Waals surface area contributed by atoms with Gasteiger partial charge in [-0.3, -0.25) is 9.59 Å². The van der Waals surface area contributed by atoms with Gasteiger partial charge in [0, 0.05) is 12.1 Å². The molecule has 0 aliphatic rings. The minimum absolute atomic E-state index is 0.00420. The van der Waals surface area contributed by atoms with Gasteiger partial charge < -0.3 is 25.8 Å². The summed E-state index contributed by atoms with van der Waals surface area (Å²) < 4.78 is 10.1. The van der Waals surface area contributed by atoms with E-state index in [9.17, 15) is 9.59 Å². The van der Waals surface area contributed by atoms with Crippen LogP contribution in [-0.4, -0.2) is 48.6 Å². The van der Waals surface area contributed by atoms with Gasteiger partial charge in [-0.1, -0.05) is 18.2 Å². The van der Waals surface area contributed by atoms with Crippen molar-refractivity contribution in [1.29, 1.82) is 0 Å². The number of hydrogen-bond donors (Lipinski definition) is 3. The lowest BCUT2D eigenvalue weighted by atomic mass is 10.2. The third-order valence-corrected chi connectivity index (χ3v) is 3.25. The standard InChI is InChI=1S/C16H19N5O4/c1-24-12-8-13(25-2)21-16(20-12)18-9-11(14(17)22)19-15(23)10-6-4-3-5-7-10/h3-8,11H,9H2,1-2H3,(H2,17,22)(H,19,23)(H,18,20,21)/t11-/m1/s1. The number of aromatic nitrogens is 2. The first kappa shape index (κ1) is 18.0. The molecule has 4 N–H and O–H groups in total. The maximum absolute atomic E-state index is 12.2. The number of benzene rings is 1. The second-order valence-electron chi connectivity index (χ2n) is 4.95. The Labute approximate surface area is 144 Å². The molecule has 0 saturated carbocycles. The van der Waals surface area contributed by atoms with E-state index in [1.165, 1.54) is 20.3 Å². The van der Waals surface area contributed by atoms with E-state index in [4.69, 9.17) is 15.2 Å². The van der Waals surface area contributed by atoms with E-state index in [0.29, 0.717) is 17.3 Å². The zero-order valence-corrected chi connectivity index (χ0v) is 13.9. The maximum atomic E-state index is 12.2. The normalized spacial score (nSPS) is 11.3. The van der Waals surface area contributed by atoms with E-state index >= 15 is 0 Å². The van der Waals surface area contributed by atoms with Crippen LogP contribution in [0.5, 0.6) is 11.8 Å². The van der Waals surface area contributed by atoms with Crippen molar-refractivity contribution in [2.75, 3.05) is 26.1 Å². The summed E-state index contributed by atoms with van der Waals surface area (Å²) >= 11 is 0. The average Bonchev–Trinajstić information content (AvgIpc) is 2.64. The summed E-state index contributed by atoms with van der Waals surface area (Å²) in [5, 5.41) is 5.40. The van der Waals surface area contributed by atoms with E-state index in [1.807, 2.05) is 0 Å². The summed E-state index contributed by atoms with van der Waals surface area (Å²) in [7, 11) is 2.91. The van der Waals surface area contributed by atoms with Crippen molar-refractivity contribution < 1.29 is 19.1 Å². The van der Waals surface area contributed by atoms with Gasteiger partial charge in [-0.15, -0.1) is 0 Å². The SMILES string of the molecule is COc1cc(OC)nc(NC[C@@H](NC(=O)c2ccccc2)C(N)=O)n1. The molecule has 1 aromatic carbocycles. The van der Waals surface area contributed by atoms with Gasteiger partial charge in [-0.05, 0) is 12.1 Å². The van der Waals surface area contributed by atoms with Crippen LogP contribution in [0.25, 0.3) is 0 Å². The third kappa shape index (κ3) is 5.06. The summed E-state index contributed by atoms with van der Waals surface area (Å²) in [5.74, 6) is -0.338. The zero-order valence-electron chi connectivity index (χ0n) is 13.9. The molecule has 0 saturated heterocycles. The monoisotopic (exact) mass is 345 g/mol. The molecular weight excluding hydrogens is 326 g/mol. The summed E-state index contributed by atoms with van der Waals surface area (Å²) in [5.41, 5.74) is 5.78. The van der Waals surface area contributed by atoms with Gasteiger partial charge in [-0.2, -0.15) is 9.97 Å². The fourth-order valence-electron chi connectivity index (χ4n) is 1.94. The van der Waals surface area contributed by atoms with Crippen molar-refractivity contribution >= 4 is 17.8 Å². The fraction of sp³-hybridized carbons (Fsp3) is 0.250. The minimum Gasteiger partial charge on any atom is -0.481 e. The third-order valence-electron chi connectivity index (χ3n) is 3.25. The first-order chi connectivity index (χ1) is 12.0. The highest BCUT2D eigenvalue weighted by atomic mass is 16.5. The van der Waals surface area contributed by atoms with Crippen LogP contribution in [0, 0.1) is 0 Å². The summed E-state index contributed by atoms with van der Waals surface area (Å²) in [4.78, 5) is 31.9. The molecule has 1 aromatic heterocycles. The molecular formula is C16H19N5O4. The number of nitrogens with zero attached hydrogens (tertiary/aromatic N) is 2. The molecule has 0 bridgehead atoms. The molecule has 2 amide bonds. The van der Waals surface area contributed by atoms with Crippen molar-refractivity contribution in [3.05, 3.63) is 42.0 Å². The van der Waals surface area contributed by atoms with Crippen molar-refractivity contribution in [2.45, 2.75) is 6.04 Å². The molecule has 0 spiro atoms. The van der Waals surface area contributed by atoms with Crippen molar-refractivity contribution in [2.24, 2.45) is 5.73 Å². The highest BCUT2D eigenvalue weighted by Crippen LogP contribution is 2.17. The summed E-state index contributed by atoms with van der Waals surface area (Å²) in [6.45, 7) is 0.00420. The number of carbonyl (C=O) groups is 2. The number of primary amides is 1. The number of rotatable bonds is 8. The Hall–Kier alpha value is -3.36. The molecule has 9 heteroatoms. The summed E-state index contributed by atoms with van der Waals surface area (Å²) in [6, 6.07) is 9.07. The van der Waals surface area contributed by atoms with Crippen LogP contribution < -0.4 is 25.8 Å². The predicted molar refractivity (Wildman–Crippen MR) is 90.5 cm³/mol. The Kier molecular flexibility index (Phi) is 6.10. The van der Waals surface area contributed by atoms with Crippen LogP contribution in [0.4, 0.5) is 5.95 Å². The second-order valence-corrected chi connectivity index (χ2v) is 4.95. The van der Waals surface area contributed by atoms with Crippen LogP contribution in [-0.2, 0) is 4.79 Å². The van der Waals surface area contributed by atoms with Crippen molar-refractivity contribution in [1.82, 2.24) is 15.3 Å². The predicted octanol–water partition coefficient (Wildman–Crippen LogP) is 0.190. The zero-order chi connectivity index (χ0) is 18.2.